The van der Waals surface area contributed by atoms with Crippen LogP contribution in [-0.4, -0.2) is 24.4 Å². The Morgan fingerprint density at radius 1 is 1.09 bits per heavy atom. The van der Waals surface area contributed by atoms with E-state index in [9.17, 15) is 5.11 Å². The van der Waals surface area contributed by atoms with Crippen LogP contribution in [0.4, 0.5) is 11.4 Å². The topological polar surface area (TPSA) is 35.8 Å². The molecular formula is C17H18Cl2N2O. The zero-order chi connectivity index (χ0) is 16.1. The molecular weight excluding hydrogens is 319 g/mol. The molecule has 0 fully saturated rings. The van der Waals surface area contributed by atoms with Gasteiger partial charge in [-0.3, -0.25) is 4.99 Å². The molecule has 0 aliphatic rings. The summed E-state index contributed by atoms with van der Waals surface area (Å²) in [5.74, 6) is 0.186. The zero-order valence-electron chi connectivity index (χ0n) is 12.6. The first-order valence-electron chi connectivity index (χ1n) is 7.12. The van der Waals surface area contributed by atoms with Crippen LogP contribution in [0.5, 0.6) is 5.75 Å². The minimum Gasteiger partial charge on any atom is -0.507 e. The number of phenols is 1. The zero-order valence-corrected chi connectivity index (χ0v) is 14.1. The molecule has 0 saturated carbocycles. The van der Waals surface area contributed by atoms with E-state index < -0.39 is 0 Å². The Hall–Kier alpha value is -1.71. The highest BCUT2D eigenvalue weighted by Crippen LogP contribution is 2.29. The summed E-state index contributed by atoms with van der Waals surface area (Å²) in [5, 5.41) is 11.2. The van der Waals surface area contributed by atoms with Crippen molar-refractivity contribution in [2.75, 3.05) is 18.0 Å². The van der Waals surface area contributed by atoms with Gasteiger partial charge in [0.1, 0.15) is 5.75 Å². The van der Waals surface area contributed by atoms with E-state index >= 15 is 0 Å². The summed E-state index contributed by atoms with van der Waals surface area (Å²) in [6.07, 6.45) is 1.58. The highest BCUT2D eigenvalue weighted by molar-refractivity contribution is 6.35. The summed E-state index contributed by atoms with van der Waals surface area (Å²) in [7, 11) is 0. The highest BCUT2D eigenvalue weighted by Gasteiger charge is 2.06. The second-order valence-electron chi connectivity index (χ2n) is 4.77. The lowest BCUT2D eigenvalue weighted by molar-refractivity contribution is 0.474. The lowest BCUT2D eigenvalue weighted by Crippen LogP contribution is -2.21. The van der Waals surface area contributed by atoms with Crippen molar-refractivity contribution in [1.82, 2.24) is 0 Å². The third kappa shape index (κ3) is 3.93. The van der Waals surface area contributed by atoms with E-state index in [-0.39, 0.29) is 5.75 Å². The van der Waals surface area contributed by atoms with Gasteiger partial charge >= 0.3 is 0 Å². The molecule has 0 aliphatic carbocycles. The van der Waals surface area contributed by atoms with Gasteiger partial charge in [0.2, 0.25) is 0 Å². The van der Waals surface area contributed by atoms with Crippen molar-refractivity contribution in [2.24, 2.45) is 4.99 Å². The third-order valence-electron chi connectivity index (χ3n) is 3.39. The molecule has 0 atom stereocenters. The van der Waals surface area contributed by atoms with Crippen molar-refractivity contribution in [3.63, 3.8) is 0 Å². The molecule has 22 heavy (non-hydrogen) atoms. The fraction of sp³-hybridized carbons (Fsp3) is 0.235. The smallest absolute Gasteiger partial charge is 0.126 e. The lowest BCUT2D eigenvalue weighted by atomic mass is 10.2. The van der Waals surface area contributed by atoms with Crippen LogP contribution in [0.15, 0.2) is 41.4 Å². The summed E-state index contributed by atoms with van der Waals surface area (Å²) in [6, 6.07) is 10.6. The molecule has 1 N–H and O–H groups in total. The van der Waals surface area contributed by atoms with Crippen molar-refractivity contribution >= 4 is 40.8 Å². The average Bonchev–Trinajstić information content (AvgIpc) is 2.51. The summed E-state index contributed by atoms with van der Waals surface area (Å²) < 4.78 is 0. The monoisotopic (exact) mass is 336 g/mol. The minimum absolute atomic E-state index is 0.186. The van der Waals surface area contributed by atoms with Gasteiger partial charge in [-0.2, -0.15) is 0 Å². The molecule has 2 rings (SSSR count). The number of nitrogens with zero attached hydrogens (tertiary/aromatic N) is 2. The molecule has 0 spiro atoms. The van der Waals surface area contributed by atoms with Crippen LogP contribution in [0.2, 0.25) is 10.0 Å². The van der Waals surface area contributed by atoms with Crippen molar-refractivity contribution in [2.45, 2.75) is 13.8 Å². The Morgan fingerprint density at radius 3 is 2.45 bits per heavy atom. The number of hydrogen-bond acceptors (Lipinski definition) is 3. The van der Waals surface area contributed by atoms with Crippen molar-refractivity contribution in [3.8, 4) is 5.75 Å². The van der Waals surface area contributed by atoms with Gasteiger partial charge in [-0.15, -0.1) is 0 Å². The molecule has 116 valence electrons. The van der Waals surface area contributed by atoms with E-state index in [0.29, 0.717) is 21.3 Å². The van der Waals surface area contributed by atoms with Gasteiger partial charge in [-0.05, 0) is 44.2 Å². The summed E-state index contributed by atoms with van der Waals surface area (Å²) in [6.45, 7) is 5.94. The molecule has 2 aromatic rings. The molecule has 0 aliphatic heterocycles. The predicted octanol–water partition coefficient (Wildman–Crippen LogP) is 5.30. The van der Waals surface area contributed by atoms with Gasteiger partial charge in [0.15, 0.2) is 0 Å². The summed E-state index contributed by atoms with van der Waals surface area (Å²) in [5.41, 5.74) is 2.19. The molecule has 0 aromatic heterocycles. The lowest BCUT2D eigenvalue weighted by Gasteiger charge is -2.21. The first-order valence-corrected chi connectivity index (χ1v) is 7.87. The third-order valence-corrected chi connectivity index (χ3v) is 3.95. The average molecular weight is 337 g/mol. The molecule has 5 heteroatoms. The molecule has 3 nitrogen and oxygen atoms in total. The van der Waals surface area contributed by atoms with E-state index in [2.05, 4.69) is 23.7 Å². The Kier molecular flexibility index (Phi) is 5.69. The molecule has 0 amide bonds. The standard InChI is InChI=1S/C17H18Cl2N2O/c1-3-21(4-2)14-7-5-12(17(22)10-14)11-20-16-9-13(18)6-8-15(16)19/h5-11,22H,3-4H2,1-2H3. The number of benzene rings is 2. The van der Waals surface area contributed by atoms with Crippen LogP contribution in [0.25, 0.3) is 0 Å². The van der Waals surface area contributed by atoms with Gasteiger partial charge in [-0.1, -0.05) is 23.2 Å². The quantitative estimate of drug-likeness (QED) is 0.752. The van der Waals surface area contributed by atoms with Gasteiger partial charge in [0, 0.05) is 41.6 Å². The normalized spacial score (nSPS) is 11.1. The van der Waals surface area contributed by atoms with E-state index in [1.807, 2.05) is 12.1 Å². The summed E-state index contributed by atoms with van der Waals surface area (Å²) >= 11 is 12.0. The van der Waals surface area contributed by atoms with Gasteiger partial charge < -0.3 is 10.0 Å². The number of rotatable bonds is 5. The van der Waals surface area contributed by atoms with E-state index in [4.69, 9.17) is 23.2 Å². The maximum absolute atomic E-state index is 10.2. The fourth-order valence-corrected chi connectivity index (χ4v) is 2.48. The predicted molar refractivity (Wildman–Crippen MR) is 95.4 cm³/mol. The maximum Gasteiger partial charge on any atom is 0.126 e. The number of hydrogen-bond donors (Lipinski definition) is 1. The fourth-order valence-electron chi connectivity index (χ4n) is 2.15. The number of phenolic OH excluding ortho intramolecular Hbond substituents is 1. The molecule has 0 unspecified atom stereocenters. The Morgan fingerprint density at radius 2 is 1.82 bits per heavy atom. The SMILES string of the molecule is CCN(CC)c1ccc(C=Nc2cc(Cl)ccc2Cl)c(O)c1. The second-order valence-corrected chi connectivity index (χ2v) is 5.61. The highest BCUT2D eigenvalue weighted by atomic mass is 35.5. The largest absolute Gasteiger partial charge is 0.507 e. The van der Waals surface area contributed by atoms with Crippen molar-refractivity contribution < 1.29 is 5.11 Å². The molecule has 0 saturated heterocycles. The second kappa shape index (κ2) is 7.52. The van der Waals surface area contributed by atoms with Gasteiger partial charge in [0.25, 0.3) is 0 Å². The van der Waals surface area contributed by atoms with Crippen LogP contribution >= 0.6 is 23.2 Å². The van der Waals surface area contributed by atoms with Crippen LogP contribution in [0.1, 0.15) is 19.4 Å². The molecule has 0 bridgehead atoms. The molecule has 0 heterocycles. The number of aromatic hydroxyl groups is 1. The Balaban J connectivity index is 2.26. The summed E-state index contributed by atoms with van der Waals surface area (Å²) in [4.78, 5) is 6.46. The van der Waals surface area contributed by atoms with E-state index in [0.717, 1.165) is 18.8 Å². The first kappa shape index (κ1) is 16.7. The van der Waals surface area contributed by atoms with E-state index in [1.165, 1.54) is 0 Å². The van der Waals surface area contributed by atoms with Gasteiger partial charge in [-0.25, -0.2) is 0 Å². The van der Waals surface area contributed by atoms with Crippen LogP contribution < -0.4 is 4.90 Å². The first-order chi connectivity index (χ1) is 10.5. The van der Waals surface area contributed by atoms with Crippen LogP contribution in [0.3, 0.4) is 0 Å². The number of aliphatic imine (C=N–C) groups is 1. The minimum atomic E-state index is 0.186. The Bertz CT molecular complexity index is 682. The van der Waals surface area contributed by atoms with Crippen LogP contribution in [-0.2, 0) is 0 Å². The number of halogens is 2. The van der Waals surface area contributed by atoms with Gasteiger partial charge in [0.05, 0.1) is 10.7 Å². The van der Waals surface area contributed by atoms with Crippen molar-refractivity contribution in [1.29, 1.82) is 0 Å². The molecule has 2 aromatic carbocycles. The van der Waals surface area contributed by atoms with Crippen molar-refractivity contribution in [3.05, 3.63) is 52.0 Å². The number of anilines is 1. The van der Waals surface area contributed by atoms with Crippen LogP contribution in [0, 0.1) is 0 Å². The maximum atomic E-state index is 10.2. The molecule has 0 radical (unpaired) electrons. The Labute approximate surface area is 140 Å². The van der Waals surface area contributed by atoms with E-state index in [1.54, 1.807) is 30.5 Å².